The molecule has 6 aromatic rings. The Morgan fingerprint density at radius 3 is 1.02 bits per heavy atom. The summed E-state index contributed by atoms with van der Waals surface area (Å²) in [6.07, 6.45) is 0.375. The van der Waals surface area contributed by atoms with Gasteiger partial charge in [0.25, 0.3) is 0 Å². The molecule has 49 heavy (non-hydrogen) atoms. The second-order valence-corrected chi connectivity index (χ2v) is 15.3. The fourth-order valence-electron chi connectivity index (χ4n) is 4.77. The summed E-state index contributed by atoms with van der Waals surface area (Å²) < 4.78 is 10.7. The standard InChI is InChI=1S/C22H21O2S.C21H19O2S/c1-17(2)22(23)24-18-13-15-21(16-14-18)25(19-9-5-3-6-10-19)20-11-7-4-8-12-20;1-2-21(22)23-17-13-15-20(16-14-17)24(18-9-5-3-6-10-18)19-11-7-4-8-12-19/h3-17H,1-2H3;3-16H,2H2,1H3/q2*+1. The molecule has 0 radical (unpaired) electrons. The van der Waals surface area contributed by atoms with E-state index in [1.54, 1.807) is 6.92 Å². The first-order valence-corrected chi connectivity index (χ1v) is 18.7. The number of esters is 2. The highest BCUT2D eigenvalue weighted by Crippen LogP contribution is 2.33. The van der Waals surface area contributed by atoms with Gasteiger partial charge in [-0.15, -0.1) is 0 Å². The Morgan fingerprint density at radius 1 is 0.449 bits per heavy atom. The zero-order valence-corrected chi connectivity index (χ0v) is 29.5. The Bertz CT molecular complexity index is 1800. The molecule has 0 saturated carbocycles. The summed E-state index contributed by atoms with van der Waals surface area (Å²) in [5, 5.41) is 0. The molecule has 0 atom stereocenters. The maximum Gasteiger partial charge on any atom is 0.313 e. The maximum atomic E-state index is 11.8. The van der Waals surface area contributed by atoms with Crippen LogP contribution in [0.2, 0.25) is 0 Å². The zero-order valence-electron chi connectivity index (χ0n) is 27.9. The van der Waals surface area contributed by atoms with Gasteiger partial charge in [0.2, 0.25) is 0 Å². The number of hydrogen-bond acceptors (Lipinski definition) is 4. The average Bonchev–Trinajstić information content (AvgIpc) is 3.15. The van der Waals surface area contributed by atoms with Crippen LogP contribution in [0.25, 0.3) is 0 Å². The van der Waals surface area contributed by atoms with Crippen molar-refractivity contribution in [3.63, 3.8) is 0 Å². The highest BCUT2D eigenvalue weighted by molar-refractivity contribution is 7.97. The Kier molecular flexibility index (Phi) is 12.9. The Balaban J connectivity index is 0.000000191. The first kappa shape index (κ1) is 35.3. The lowest BCUT2D eigenvalue weighted by Crippen LogP contribution is -2.14. The zero-order chi connectivity index (χ0) is 34.4. The molecule has 0 aliphatic heterocycles. The van der Waals surface area contributed by atoms with Gasteiger partial charge >= 0.3 is 11.9 Å². The van der Waals surface area contributed by atoms with Crippen molar-refractivity contribution in [3.05, 3.63) is 170 Å². The lowest BCUT2D eigenvalue weighted by Gasteiger charge is -2.09. The van der Waals surface area contributed by atoms with E-state index in [2.05, 4.69) is 97.1 Å². The van der Waals surface area contributed by atoms with Gasteiger partial charge in [-0.05, 0) is 97.1 Å². The third-order valence-electron chi connectivity index (χ3n) is 7.24. The van der Waals surface area contributed by atoms with E-state index < -0.39 is 0 Å². The van der Waals surface area contributed by atoms with Crippen molar-refractivity contribution < 1.29 is 19.1 Å². The van der Waals surface area contributed by atoms with E-state index in [1.807, 2.05) is 86.6 Å². The summed E-state index contributed by atoms with van der Waals surface area (Å²) in [6, 6.07) is 57.6. The molecule has 0 heterocycles. The normalized spacial score (nSPS) is 10.7. The van der Waals surface area contributed by atoms with Gasteiger partial charge in [0.05, 0.1) is 27.7 Å². The van der Waals surface area contributed by atoms with E-state index in [4.69, 9.17) is 9.47 Å². The van der Waals surface area contributed by atoms with Crippen LogP contribution in [0, 0.1) is 5.92 Å². The van der Waals surface area contributed by atoms with Gasteiger partial charge < -0.3 is 9.47 Å². The second-order valence-electron chi connectivity index (χ2n) is 11.2. The minimum absolute atomic E-state index is 0.136. The topological polar surface area (TPSA) is 52.6 Å². The summed E-state index contributed by atoms with van der Waals surface area (Å²) in [5.41, 5.74) is 0. The number of hydrogen-bond donors (Lipinski definition) is 0. The van der Waals surface area contributed by atoms with Crippen LogP contribution in [0.4, 0.5) is 0 Å². The first-order valence-electron chi connectivity index (χ1n) is 16.2. The molecule has 0 unspecified atom stereocenters. The van der Waals surface area contributed by atoms with Crippen LogP contribution >= 0.6 is 0 Å². The fourth-order valence-corrected chi connectivity index (χ4v) is 8.93. The number of benzene rings is 6. The van der Waals surface area contributed by atoms with Gasteiger partial charge in [0, 0.05) is 6.42 Å². The third-order valence-corrected chi connectivity index (χ3v) is 11.7. The SMILES string of the molecule is CC(C)C(=O)Oc1ccc([S+](c2ccccc2)c2ccccc2)cc1.CCC(=O)Oc1ccc([S+](c2ccccc2)c2ccccc2)cc1. The molecule has 6 heteroatoms. The molecule has 0 aliphatic carbocycles. The van der Waals surface area contributed by atoms with Gasteiger partial charge in [-0.2, -0.15) is 0 Å². The van der Waals surface area contributed by atoms with Gasteiger partial charge in [-0.1, -0.05) is 93.6 Å². The highest BCUT2D eigenvalue weighted by Gasteiger charge is 2.29. The molecular weight excluding hydrogens is 645 g/mol. The fraction of sp³-hybridized carbons (Fsp3) is 0.116. The van der Waals surface area contributed by atoms with Crippen LogP contribution < -0.4 is 9.47 Å². The summed E-state index contributed by atoms with van der Waals surface area (Å²) in [6.45, 7) is 5.46. The molecule has 0 saturated heterocycles. The van der Waals surface area contributed by atoms with Crippen LogP contribution in [0.3, 0.4) is 0 Å². The lowest BCUT2D eigenvalue weighted by molar-refractivity contribution is -0.137. The quantitative estimate of drug-likeness (QED) is 0.0819. The summed E-state index contributed by atoms with van der Waals surface area (Å²) in [4.78, 5) is 30.6. The van der Waals surface area contributed by atoms with Gasteiger partial charge in [-0.3, -0.25) is 9.59 Å². The molecule has 0 N–H and O–H groups in total. The molecular formula is C43H40O4S2+2. The second kappa shape index (κ2) is 17.9. The molecule has 0 spiro atoms. The molecule has 4 nitrogen and oxygen atoms in total. The van der Waals surface area contributed by atoms with E-state index in [0.29, 0.717) is 17.9 Å². The molecule has 0 aliphatic rings. The Hall–Kier alpha value is -5.04. The number of carbonyl (C=O) groups excluding carboxylic acids is 2. The molecule has 6 aromatic carbocycles. The smallest absolute Gasteiger partial charge is 0.313 e. The van der Waals surface area contributed by atoms with Gasteiger partial charge in [-0.25, -0.2) is 0 Å². The van der Waals surface area contributed by atoms with Crippen LogP contribution in [0.5, 0.6) is 11.5 Å². The van der Waals surface area contributed by atoms with Crippen LogP contribution in [0.1, 0.15) is 27.2 Å². The predicted molar refractivity (Wildman–Crippen MR) is 199 cm³/mol. The molecule has 6 rings (SSSR count). The summed E-state index contributed by atoms with van der Waals surface area (Å²) >= 11 is 0. The van der Waals surface area contributed by atoms with Crippen LogP contribution in [-0.4, -0.2) is 11.9 Å². The van der Waals surface area contributed by atoms with Gasteiger partial charge in [0.1, 0.15) is 11.5 Å². The Labute approximate surface area is 295 Å². The van der Waals surface area contributed by atoms with Crippen molar-refractivity contribution in [2.45, 2.75) is 56.6 Å². The molecule has 0 bridgehead atoms. The van der Waals surface area contributed by atoms with Crippen LogP contribution in [0.15, 0.2) is 199 Å². The van der Waals surface area contributed by atoms with Crippen LogP contribution in [-0.2, 0) is 31.4 Å². The van der Waals surface area contributed by atoms with E-state index in [-0.39, 0.29) is 39.6 Å². The van der Waals surface area contributed by atoms with E-state index in [0.717, 1.165) is 0 Å². The molecule has 0 aromatic heterocycles. The largest absolute Gasteiger partial charge is 0.427 e. The van der Waals surface area contributed by atoms with Crippen molar-refractivity contribution in [1.29, 1.82) is 0 Å². The van der Waals surface area contributed by atoms with Crippen molar-refractivity contribution in [3.8, 4) is 11.5 Å². The van der Waals surface area contributed by atoms with Crippen molar-refractivity contribution in [1.82, 2.24) is 0 Å². The van der Waals surface area contributed by atoms with E-state index in [1.165, 1.54) is 29.4 Å². The minimum Gasteiger partial charge on any atom is -0.427 e. The predicted octanol–water partition coefficient (Wildman–Crippen LogP) is 10.4. The lowest BCUT2D eigenvalue weighted by atomic mass is 10.2. The Morgan fingerprint density at radius 2 is 0.735 bits per heavy atom. The molecule has 246 valence electrons. The van der Waals surface area contributed by atoms with E-state index in [9.17, 15) is 9.59 Å². The number of rotatable bonds is 10. The van der Waals surface area contributed by atoms with Crippen molar-refractivity contribution in [2.75, 3.05) is 0 Å². The van der Waals surface area contributed by atoms with E-state index >= 15 is 0 Å². The van der Waals surface area contributed by atoms with Crippen molar-refractivity contribution >= 4 is 33.7 Å². The first-order chi connectivity index (χ1) is 23.9. The van der Waals surface area contributed by atoms with Crippen molar-refractivity contribution in [2.24, 2.45) is 5.92 Å². The number of ether oxygens (including phenoxy) is 2. The maximum absolute atomic E-state index is 11.8. The monoisotopic (exact) mass is 684 g/mol. The third kappa shape index (κ3) is 9.99. The summed E-state index contributed by atoms with van der Waals surface area (Å²) in [5.74, 6) is 0.621. The summed E-state index contributed by atoms with van der Waals surface area (Å²) in [7, 11) is -0.363. The molecule has 0 fully saturated rings. The molecule has 0 amide bonds. The highest BCUT2D eigenvalue weighted by atomic mass is 32.2. The van der Waals surface area contributed by atoms with Gasteiger partial charge in [0.15, 0.2) is 29.4 Å². The average molecular weight is 685 g/mol. The minimum atomic E-state index is -0.215. The number of carbonyl (C=O) groups is 2.